The number of nitrogens with zero attached hydrogens (tertiary/aromatic N) is 2. The number of hydrogen-bond acceptors (Lipinski definition) is 2. The van der Waals surface area contributed by atoms with Gasteiger partial charge in [-0.3, -0.25) is 4.79 Å². The number of rotatable bonds is 4. The van der Waals surface area contributed by atoms with Gasteiger partial charge in [0.1, 0.15) is 11.6 Å². The minimum atomic E-state index is -0.446. The van der Waals surface area contributed by atoms with E-state index in [1.807, 2.05) is 36.5 Å². The van der Waals surface area contributed by atoms with Crippen LogP contribution in [0.3, 0.4) is 0 Å². The molecule has 0 fully saturated rings. The molecule has 0 bridgehead atoms. The van der Waals surface area contributed by atoms with Crippen LogP contribution in [-0.4, -0.2) is 10.5 Å². The highest BCUT2D eigenvalue weighted by Gasteiger charge is 2.12. The zero-order valence-corrected chi connectivity index (χ0v) is 14.4. The van der Waals surface area contributed by atoms with E-state index in [0.717, 1.165) is 23.0 Å². The maximum absolute atomic E-state index is 12.4. The van der Waals surface area contributed by atoms with Crippen molar-refractivity contribution < 1.29 is 4.79 Å². The number of carbonyl (C=O) groups excluding carboxylic acids is 1. The average Bonchev–Trinajstić information content (AvgIpc) is 2.99. The van der Waals surface area contributed by atoms with Gasteiger partial charge in [-0.15, -0.1) is 0 Å². The standard InChI is InChI=1S/C20H16ClN3O/c1-2-24-13-15(18-5-3-4-6-19(18)24)11-14(12-22)20(25)23-17-9-7-16(21)8-10-17/h3-11,13H,2H2,1H3,(H,23,25). The quantitative estimate of drug-likeness (QED) is 0.540. The Morgan fingerprint density at radius 3 is 2.64 bits per heavy atom. The first-order valence-corrected chi connectivity index (χ1v) is 8.26. The van der Waals surface area contributed by atoms with Crippen LogP contribution in [0.25, 0.3) is 17.0 Å². The topological polar surface area (TPSA) is 57.8 Å². The van der Waals surface area contributed by atoms with Crippen molar-refractivity contribution in [2.24, 2.45) is 0 Å². The number of carbonyl (C=O) groups is 1. The van der Waals surface area contributed by atoms with Crippen molar-refractivity contribution in [2.45, 2.75) is 13.5 Å². The Kier molecular flexibility index (Phi) is 4.87. The fraction of sp³-hybridized carbons (Fsp3) is 0.100. The Bertz CT molecular complexity index is 994. The molecular weight excluding hydrogens is 334 g/mol. The second-order valence-corrected chi connectivity index (χ2v) is 5.95. The number of benzene rings is 2. The van der Waals surface area contributed by atoms with Gasteiger partial charge in [0.15, 0.2) is 0 Å². The highest BCUT2D eigenvalue weighted by molar-refractivity contribution is 6.30. The molecule has 5 heteroatoms. The molecule has 1 heterocycles. The maximum atomic E-state index is 12.4. The number of nitriles is 1. The number of para-hydroxylation sites is 1. The van der Waals surface area contributed by atoms with Crippen molar-refractivity contribution in [3.05, 3.63) is 70.9 Å². The van der Waals surface area contributed by atoms with Crippen LogP contribution < -0.4 is 5.32 Å². The van der Waals surface area contributed by atoms with E-state index in [0.29, 0.717) is 10.7 Å². The van der Waals surface area contributed by atoms with E-state index in [9.17, 15) is 10.1 Å². The van der Waals surface area contributed by atoms with Crippen molar-refractivity contribution in [1.29, 1.82) is 5.26 Å². The molecule has 0 aliphatic carbocycles. The summed E-state index contributed by atoms with van der Waals surface area (Å²) in [5.74, 6) is -0.446. The zero-order valence-electron chi connectivity index (χ0n) is 13.7. The van der Waals surface area contributed by atoms with Gasteiger partial charge in [-0.2, -0.15) is 5.26 Å². The third kappa shape index (κ3) is 3.57. The number of amides is 1. The predicted molar refractivity (Wildman–Crippen MR) is 101 cm³/mol. The molecule has 1 amide bonds. The van der Waals surface area contributed by atoms with Crippen LogP contribution in [0.15, 0.2) is 60.3 Å². The van der Waals surface area contributed by atoms with Gasteiger partial charge < -0.3 is 9.88 Å². The monoisotopic (exact) mass is 349 g/mol. The maximum Gasteiger partial charge on any atom is 0.266 e. The molecule has 124 valence electrons. The van der Waals surface area contributed by atoms with E-state index in [-0.39, 0.29) is 5.57 Å². The summed E-state index contributed by atoms with van der Waals surface area (Å²) in [6, 6.07) is 16.7. The summed E-state index contributed by atoms with van der Waals surface area (Å²) in [6.07, 6.45) is 3.58. The lowest BCUT2D eigenvalue weighted by molar-refractivity contribution is -0.112. The molecule has 3 rings (SSSR count). The molecule has 0 unspecified atom stereocenters. The summed E-state index contributed by atoms with van der Waals surface area (Å²) < 4.78 is 2.09. The molecule has 0 saturated carbocycles. The molecule has 3 aromatic rings. The van der Waals surface area contributed by atoms with E-state index in [2.05, 4.69) is 16.8 Å². The molecule has 1 N–H and O–H groups in total. The van der Waals surface area contributed by atoms with Gasteiger partial charge in [0, 0.05) is 39.9 Å². The summed E-state index contributed by atoms with van der Waals surface area (Å²) in [7, 11) is 0. The Morgan fingerprint density at radius 1 is 1.24 bits per heavy atom. The van der Waals surface area contributed by atoms with Gasteiger partial charge in [0.05, 0.1) is 0 Å². The SMILES string of the molecule is CCn1cc(C=C(C#N)C(=O)Nc2ccc(Cl)cc2)c2ccccc21. The molecule has 0 spiro atoms. The largest absolute Gasteiger partial charge is 0.347 e. The molecule has 0 aliphatic heterocycles. The van der Waals surface area contributed by atoms with Gasteiger partial charge in [-0.25, -0.2) is 0 Å². The first kappa shape index (κ1) is 16.8. The van der Waals surface area contributed by atoms with Gasteiger partial charge >= 0.3 is 0 Å². The van der Waals surface area contributed by atoms with Crippen LogP contribution in [0.4, 0.5) is 5.69 Å². The smallest absolute Gasteiger partial charge is 0.266 e. The zero-order chi connectivity index (χ0) is 17.8. The van der Waals surface area contributed by atoms with Crippen molar-refractivity contribution in [3.63, 3.8) is 0 Å². The van der Waals surface area contributed by atoms with E-state index >= 15 is 0 Å². The molecule has 0 atom stereocenters. The molecule has 4 nitrogen and oxygen atoms in total. The molecule has 0 aliphatic rings. The third-order valence-corrected chi connectivity index (χ3v) is 4.18. The number of aromatic nitrogens is 1. The summed E-state index contributed by atoms with van der Waals surface area (Å²) in [5.41, 5.74) is 2.56. The highest BCUT2D eigenvalue weighted by atomic mass is 35.5. The Balaban J connectivity index is 1.94. The van der Waals surface area contributed by atoms with Crippen molar-refractivity contribution in [1.82, 2.24) is 4.57 Å². The van der Waals surface area contributed by atoms with Crippen LogP contribution in [-0.2, 0) is 11.3 Å². The van der Waals surface area contributed by atoms with Gasteiger partial charge in [-0.05, 0) is 43.3 Å². The molecule has 0 radical (unpaired) electrons. The number of hydrogen-bond donors (Lipinski definition) is 1. The molecular formula is C20H16ClN3O. The van der Waals surface area contributed by atoms with E-state index < -0.39 is 5.91 Å². The summed E-state index contributed by atoms with van der Waals surface area (Å²) in [6.45, 7) is 2.87. The van der Waals surface area contributed by atoms with E-state index in [4.69, 9.17) is 11.6 Å². The Labute approximate surface area is 150 Å². The molecule has 0 saturated heterocycles. The average molecular weight is 350 g/mol. The number of anilines is 1. The summed E-state index contributed by atoms with van der Waals surface area (Å²) >= 11 is 5.84. The lowest BCUT2D eigenvalue weighted by Gasteiger charge is -2.04. The third-order valence-electron chi connectivity index (χ3n) is 3.93. The molecule has 2 aromatic carbocycles. The normalized spacial score (nSPS) is 11.3. The van der Waals surface area contributed by atoms with Crippen LogP contribution in [0.2, 0.25) is 5.02 Å². The van der Waals surface area contributed by atoms with Crippen LogP contribution in [0, 0.1) is 11.3 Å². The highest BCUT2D eigenvalue weighted by Crippen LogP contribution is 2.24. The second kappa shape index (κ2) is 7.25. The number of fused-ring (bicyclic) bond motifs is 1. The van der Waals surface area contributed by atoms with Gasteiger partial charge in [0.2, 0.25) is 0 Å². The summed E-state index contributed by atoms with van der Waals surface area (Å²) in [4.78, 5) is 12.4. The lowest BCUT2D eigenvalue weighted by Crippen LogP contribution is -2.13. The Hall–Kier alpha value is -3.03. The van der Waals surface area contributed by atoms with Crippen molar-refractivity contribution in [3.8, 4) is 6.07 Å². The fourth-order valence-corrected chi connectivity index (χ4v) is 2.81. The van der Waals surface area contributed by atoms with Crippen LogP contribution >= 0.6 is 11.6 Å². The minimum Gasteiger partial charge on any atom is -0.347 e. The fourth-order valence-electron chi connectivity index (χ4n) is 2.69. The van der Waals surface area contributed by atoms with Crippen molar-refractivity contribution in [2.75, 3.05) is 5.32 Å². The van der Waals surface area contributed by atoms with Gasteiger partial charge in [-0.1, -0.05) is 29.8 Å². The first-order valence-electron chi connectivity index (χ1n) is 7.89. The molecule has 1 aromatic heterocycles. The van der Waals surface area contributed by atoms with Crippen LogP contribution in [0.1, 0.15) is 12.5 Å². The predicted octanol–water partition coefficient (Wildman–Crippen LogP) is 4.86. The number of aryl methyl sites for hydroxylation is 1. The Morgan fingerprint density at radius 2 is 1.96 bits per heavy atom. The second-order valence-electron chi connectivity index (χ2n) is 5.52. The summed E-state index contributed by atoms with van der Waals surface area (Å²) in [5, 5.41) is 13.7. The molecule has 25 heavy (non-hydrogen) atoms. The van der Waals surface area contributed by atoms with Gasteiger partial charge in [0.25, 0.3) is 5.91 Å². The number of nitrogens with one attached hydrogen (secondary N) is 1. The lowest BCUT2D eigenvalue weighted by atomic mass is 10.1. The van der Waals surface area contributed by atoms with Crippen LogP contribution in [0.5, 0.6) is 0 Å². The van der Waals surface area contributed by atoms with E-state index in [1.54, 1.807) is 30.3 Å². The minimum absolute atomic E-state index is 0.0500. The van der Waals surface area contributed by atoms with Crippen molar-refractivity contribution >= 4 is 40.2 Å². The van der Waals surface area contributed by atoms with E-state index in [1.165, 1.54) is 0 Å². The first-order chi connectivity index (χ1) is 12.1. The number of halogens is 1.